The molecule has 3 rings (SSSR count). The number of alkyl carbamates (subject to hydrolysis) is 1. The van der Waals surface area contributed by atoms with Gasteiger partial charge in [0.15, 0.2) is 0 Å². The van der Waals surface area contributed by atoms with E-state index in [1.165, 1.54) is 6.92 Å². The number of carbonyl (C=O) groups is 3. The van der Waals surface area contributed by atoms with Crippen molar-refractivity contribution in [3.8, 4) is 11.1 Å². The molecule has 0 bridgehead atoms. The van der Waals surface area contributed by atoms with Crippen molar-refractivity contribution in [2.45, 2.75) is 32.7 Å². The van der Waals surface area contributed by atoms with E-state index in [4.69, 9.17) is 9.84 Å². The number of rotatable bonds is 8. The molecule has 2 aromatic rings. The van der Waals surface area contributed by atoms with Gasteiger partial charge in [-0.05, 0) is 29.2 Å². The van der Waals surface area contributed by atoms with Crippen LogP contribution in [0.5, 0.6) is 0 Å². The first-order chi connectivity index (χ1) is 14.8. The number of hydrogen-bond donors (Lipinski definition) is 3. The maximum absolute atomic E-state index is 12.4. The monoisotopic (exact) mass is 424 g/mol. The fourth-order valence-corrected chi connectivity index (χ4v) is 3.68. The number of carbonyl (C=O) groups excluding carboxylic acids is 2. The predicted octanol–water partition coefficient (Wildman–Crippen LogP) is 3.39. The molecular weight excluding hydrogens is 396 g/mol. The molecular formula is C24H28N2O5. The summed E-state index contributed by atoms with van der Waals surface area (Å²) in [6, 6.07) is 15.7. The molecule has 7 nitrogen and oxygen atoms in total. The van der Waals surface area contributed by atoms with Crippen molar-refractivity contribution in [3.05, 3.63) is 59.7 Å². The van der Waals surface area contributed by atoms with Crippen LogP contribution in [0.25, 0.3) is 11.1 Å². The molecule has 31 heavy (non-hydrogen) atoms. The minimum absolute atomic E-state index is 0.0355. The number of carboxylic acids is 1. The fourth-order valence-electron chi connectivity index (χ4n) is 3.68. The minimum atomic E-state index is -0.974. The van der Waals surface area contributed by atoms with Gasteiger partial charge in [0, 0.05) is 18.5 Å². The largest absolute Gasteiger partial charge is 0.481 e. The molecule has 7 heteroatoms. The van der Waals surface area contributed by atoms with Crippen LogP contribution in [0.2, 0.25) is 0 Å². The lowest BCUT2D eigenvalue weighted by Gasteiger charge is -2.22. The minimum Gasteiger partial charge on any atom is -0.481 e. The fraction of sp³-hybridized carbons (Fsp3) is 0.375. The van der Waals surface area contributed by atoms with Gasteiger partial charge in [-0.15, -0.1) is 0 Å². The van der Waals surface area contributed by atoms with E-state index in [2.05, 4.69) is 34.9 Å². The number of aliphatic carboxylic acids is 1. The second kappa shape index (κ2) is 9.64. The molecule has 0 spiro atoms. The second-order valence-corrected chi connectivity index (χ2v) is 8.03. The summed E-state index contributed by atoms with van der Waals surface area (Å²) in [6.07, 6.45) is -0.590. The molecule has 0 saturated carbocycles. The van der Waals surface area contributed by atoms with Crippen LogP contribution in [0.15, 0.2) is 48.5 Å². The van der Waals surface area contributed by atoms with Gasteiger partial charge in [0.2, 0.25) is 5.91 Å². The molecule has 0 radical (unpaired) electrons. The Bertz CT molecular complexity index is 928. The van der Waals surface area contributed by atoms with Crippen LogP contribution in [0, 0.1) is 11.8 Å². The first kappa shape index (κ1) is 22.3. The number of ether oxygens (including phenoxy) is 1. The Hall–Kier alpha value is -3.35. The van der Waals surface area contributed by atoms with Gasteiger partial charge in [0.05, 0.1) is 11.8 Å². The van der Waals surface area contributed by atoms with E-state index >= 15 is 0 Å². The summed E-state index contributed by atoms with van der Waals surface area (Å²) in [5, 5.41) is 14.2. The van der Waals surface area contributed by atoms with E-state index in [9.17, 15) is 14.4 Å². The third kappa shape index (κ3) is 5.05. The number of hydrogen-bond acceptors (Lipinski definition) is 4. The summed E-state index contributed by atoms with van der Waals surface area (Å²) in [7, 11) is 0. The topological polar surface area (TPSA) is 105 Å². The normalized spacial score (nSPS) is 15.2. The van der Waals surface area contributed by atoms with Crippen LogP contribution in [0.4, 0.5) is 4.79 Å². The zero-order valence-corrected chi connectivity index (χ0v) is 17.9. The zero-order chi connectivity index (χ0) is 22.5. The standard InChI is InChI=1S/C24H28N2O5/c1-14(23(28)29)12-25-22(27)15(2)16(3)26-24(30)31-13-21-19-10-6-4-8-17(19)18-9-5-7-11-20(18)21/h4-11,14-16,21H,12-13H2,1-3H3,(H,25,27)(H,26,30)(H,28,29). The highest BCUT2D eigenvalue weighted by Gasteiger charge is 2.29. The number of benzene rings is 2. The number of carboxylic acid groups (broad SMARTS) is 1. The molecule has 3 atom stereocenters. The van der Waals surface area contributed by atoms with Gasteiger partial charge in [-0.1, -0.05) is 62.4 Å². The Labute approximate surface area is 181 Å². The summed E-state index contributed by atoms with van der Waals surface area (Å²) in [4.78, 5) is 35.5. The predicted molar refractivity (Wildman–Crippen MR) is 117 cm³/mol. The molecule has 1 aliphatic rings. The summed E-state index contributed by atoms with van der Waals surface area (Å²) >= 11 is 0. The van der Waals surface area contributed by atoms with E-state index in [1.807, 2.05) is 24.3 Å². The highest BCUT2D eigenvalue weighted by molar-refractivity contribution is 5.81. The van der Waals surface area contributed by atoms with Gasteiger partial charge < -0.3 is 20.5 Å². The lowest BCUT2D eigenvalue weighted by molar-refractivity contribution is -0.141. The number of amides is 2. The van der Waals surface area contributed by atoms with Crippen molar-refractivity contribution in [3.63, 3.8) is 0 Å². The Morgan fingerprint density at radius 3 is 2.06 bits per heavy atom. The quantitative estimate of drug-likeness (QED) is 0.603. The Morgan fingerprint density at radius 2 is 1.52 bits per heavy atom. The summed E-state index contributed by atoms with van der Waals surface area (Å²) in [5.41, 5.74) is 4.57. The lowest BCUT2D eigenvalue weighted by Crippen LogP contribution is -2.45. The van der Waals surface area contributed by atoms with Gasteiger partial charge in [0.25, 0.3) is 0 Å². The first-order valence-corrected chi connectivity index (χ1v) is 10.4. The molecule has 164 valence electrons. The lowest BCUT2D eigenvalue weighted by atomic mass is 9.98. The molecule has 3 unspecified atom stereocenters. The van der Waals surface area contributed by atoms with Gasteiger partial charge >= 0.3 is 12.1 Å². The summed E-state index contributed by atoms with van der Waals surface area (Å²) in [6.45, 7) is 5.15. The SMILES string of the molecule is CC(CNC(=O)C(C)C(C)NC(=O)OCC1c2ccccc2-c2ccccc21)C(=O)O. The second-order valence-electron chi connectivity index (χ2n) is 8.03. The van der Waals surface area contributed by atoms with Gasteiger partial charge in [0.1, 0.15) is 6.61 Å². The van der Waals surface area contributed by atoms with Gasteiger partial charge in [-0.25, -0.2) is 4.79 Å². The molecule has 2 amide bonds. The Balaban J connectivity index is 1.54. The first-order valence-electron chi connectivity index (χ1n) is 10.4. The van der Waals surface area contributed by atoms with E-state index < -0.39 is 29.9 Å². The maximum atomic E-state index is 12.4. The van der Waals surface area contributed by atoms with Crippen molar-refractivity contribution in [2.24, 2.45) is 11.8 Å². The number of nitrogens with one attached hydrogen (secondary N) is 2. The molecule has 2 aromatic carbocycles. The average Bonchev–Trinajstić information content (AvgIpc) is 3.08. The van der Waals surface area contributed by atoms with E-state index in [0.29, 0.717) is 0 Å². The smallest absolute Gasteiger partial charge is 0.407 e. The Morgan fingerprint density at radius 1 is 0.968 bits per heavy atom. The summed E-state index contributed by atoms with van der Waals surface area (Å²) < 4.78 is 5.51. The van der Waals surface area contributed by atoms with Gasteiger partial charge in [-0.2, -0.15) is 0 Å². The Kier molecular flexibility index (Phi) is 6.95. The van der Waals surface area contributed by atoms with E-state index in [-0.39, 0.29) is 25.0 Å². The van der Waals surface area contributed by atoms with Crippen LogP contribution >= 0.6 is 0 Å². The maximum Gasteiger partial charge on any atom is 0.407 e. The average molecular weight is 424 g/mol. The molecule has 0 aliphatic heterocycles. The molecule has 1 aliphatic carbocycles. The van der Waals surface area contributed by atoms with Crippen LogP contribution in [0.1, 0.15) is 37.8 Å². The van der Waals surface area contributed by atoms with Crippen molar-refractivity contribution in [1.82, 2.24) is 10.6 Å². The third-order valence-corrected chi connectivity index (χ3v) is 5.86. The highest BCUT2D eigenvalue weighted by Crippen LogP contribution is 2.44. The van der Waals surface area contributed by atoms with Crippen molar-refractivity contribution in [1.29, 1.82) is 0 Å². The van der Waals surface area contributed by atoms with Crippen molar-refractivity contribution < 1.29 is 24.2 Å². The third-order valence-electron chi connectivity index (χ3n) is 5.86. The highest BCUT2D eigenvalue weighted by atomic mass is 16.5. The molecule has 3 N–H and O–H groups in total. The van der Waals surface area contributed by atoms with E-state index in [0.717, 1.165) is 22.3 Å². The molecule has 0 heterocycles. The van der Waals surface area contributed by atoms with Crippen LogP contribution in [0.3, 0.4) is 0 Å². The van der Waals surface area contributed by atoms with Crippen LogP contribution < -0.4 is 10.6 Å². The molecule has 0 aromatic heterocycles. The molecule has 0 saturated heterocycles. The molecule has 0 fully saturated rings. The van der Waals surface area contributed by atoms with Crippen LogP contribution in [-0.4, -0.2) is 42.3 Å². The van der Waals surface area contributed by atoms with Crippen molar-refractivity contribution in [2.75, 3.05) is 13.2 Å². The summed E-state index contributed by atoms with van der Waals surface area (Å²) in [5.74, 6) is -2.55. The van der Waals surface area contributed by atoms with Gasteiger partial charge in [-0.3, -0.25) is 9.59 Å². The van der Waals surface area contributed by atoms with Crippen LogP contribution in [-0.2, 0) is 14.3 Å². The number of fused-ring (bicyclic) bond motifs is 3. The van der Waals surface area contributed by atoms with Crippen molar-refractivity contribution >= 4 is 18.0 Å². The zero-order valence-electron chi connectivity index (χ0n) is 17.9. The van der Waals surface area contributed by atoms with E-state index in [1.54, 1.807) is 13.8 Å².